The van der Waals surface area contributed by atoms with Crippen molar-refractivity contribution in [2.24, 2.45) is 0 Å². The average molecular weight is 328 g/mol. The van der Waals surface area contributed by atoms with Crippen molar-refractivity contribution < 1.29 is 5.11 Å². The van der Waals surface area contributed by atoms with Crippen LogP contribution >= 0.6 is 0 Å². The van der Waals surface area contributed by atoms with Gasteiger partial charge in [-0.2, -0.15) is 0 Å². The lowest BCUT2D eigenvalue weighted by molar-refractivity contribution is 0.0737. The molecule has 0 radical (unpaired) electrons. The summed E-state index contributed by atoms with van der Waals surface area (Å²) < 4.78 is 1.87. The lowest BCUT2D eigenvalue weighted by Crippen LogP contribution is -2.35. The highest BCUT2D eigenvalue weighted by Gasteiger charge is 2.26. The SMILES string of the molecule is CC(C)(O)c1cn(C2CCN(c3ncnc4nc[nH]c34)CC2)nn1. The predicted octanol–water partition coefficient (Wildman–Crippen LogP) is 1.01. The number of hydrogen-bond donors (Lipinski definition) is 2. The van der Waals surface area contributed by atoms with E-state index in [9.17, 15) is 5.11 Å². The van der Waals surface area contributed by atoms with Crippen LogP contribution in [0, 0.1) is 0 Å². The number of fused-ring (bicyclic) bond motifs is 1. The molecular weight excluding hydrogens is 308 g/mol. The molecule has 1 aliphatic rings. The number of imidazole rings is 1. The molecule has 9 heteroatoms. The first-order chi connectivity index (χ1) is 11.5. The fraction of sp³-hybridized carbons (Fsp3) is 0.533. The van der Waals surface area contributed by atoms with Gasteiger partial charge in [-0.25, -0.2) is 19.6 Å². The third-order valence-electron chi connectivity index (χ3n) is 4.48. The maximum Gasteiger partial charge on any atom is 0.182 e. The molecule has 0 amide bonds. The number of nitrogens with zero attached hydrogens (tertiary/aromatic N) is 7. The van der Waals surface area contributed by atoms with Crippen molar-refractivity contribution in [3.05, 3.63) is 24.5 Å². The third-order valence-corrected chi connectivity index (χ3v) is 4.48. The predicted molar refractivity (Wildman–Crippen MR) is 87.4 cm³/mol. The summed E-state index contributed by atoms with van der Waals surface area (Å²) in [6.07, 6.45) is 6.92. The van der Waals surface area contributed by atoms with Gasteiger partial charge < -0.3 is 15.0 Å². The van der Waals surface area contributed by atoms with Gasteiger partial charge in [0, 0.05) is 13.1 Å². The molecule has 1 saturated heterocycles. The number of nitrogens with one attached hydrogen (secondary N) is 1. The molecule has 24 heavy (non-hydrogen) atoms. The van der Waals surface area contributed by atoms with Crippen LogP contribution < -0.4 is 4.90 Å². The zero-order valence-electron chi connectivity index (χ0n) is 13.7. The Labute approximate surface area is 138 Å². The van der Waals surface area contributed by atoms with Crippen LogP contribution in [0.3, 0.4) is 0 Å². The molecule has 0 aliphatic carbocycles. The Hall–Kier alpha value is -2.55. The summed E-state index contributed by atoms with van der Waals surface area (Å²) in [7, 11) is 0. The molecule has 0 atom stereocenters. The van der Waals surface area contributed by atoms with E-state index in [0.717, 1.165) is 37.3 Å². The molecule has 4 heterocycles. The molecule has 126 valence electrons. The zero-order chi connectivity index (χ0) is 16.7. The van der Waals surface area contributed by atoms with E-state index in [2.05, 4.69) is 35.1 Å². The summed E-state index contributed by atoms with van der Waals surface area (Å²) >= 11 is 0. The van der Waals surface area contributed by atoms with E-state index < -0.39 is 5.60 Å². The topological polar surface area (TPSA) is 109 Å². The van der Waals surface area contributed by atoms with Crippen LogP contribution in [-0.4, -0.2) is 53.1 Å². The van der Waals surface area contributed by atoms with E-state index in [1.165, 1.54) is 0 Å². The van der Waals surface area contributed by atoms with E-state index >= 15 is 0 Å². The second kappa shape index (κ2) is 5.52. The van der Waals surface area contributed by atoms with E-state index in [-0.39, 0.29) is 6.04 Å². The van der Waals surface area contributed by atoms with Gasteiger partial charge in [-0.15, -0.1) is 5.10 Å². The van der Waals surface area contributed by atoms with Crippen molar-refractivity contribution in [3.63, 3.8) is 0 Å². The van der Waals surface area contributed by atoms with Crippen LogP contribution in [0.1, 0.15) is 38.4 Å². The molecule has 0 spiro atoms. The summed E-state index contributed by atoms with van der Waals surface area (Å²) in [4.78, 5) is 18.1. The van der Waals surface area contributed by atoms with E-state index in [1.807, 2.05) is 10.9 Å². The number of aromatic nitrogens is 7. The lowest BCUT2D eigenvalue weighted by Gasteiger charge is -2.32. The molecule has 3 aromatic rings. The summed E-state index contributed by atoms with van der Waals surface area (Å²) in [5.41, 5.74) is 1.20. The van der Waals surface area contributed by atoms with Crippen LogP contribution in [0.15, 0.2) is 18.9 Å². The van der Waals surface area contributed by atoms with Crippen LogP contribution in [0.4, 0.5) is 5.82 Å². The highest BCUT2D eigenvalue weighted by Crippen LogP contribution is 2.28. The quantitative estimate of drug-likeness (QED) is 0.738. The number of rotatable bonds is 3. The highest BCUT2D eigenvalue weighted by atomic mass is 16.3. The molecule has 9 nitrogen and oxygen atoms in total. The fourth-order valence-electron chi connectivity index (χ4n) is 3.07. The van der Waals surface area contributed by atoms with Gasteiger partial charge in [0.1, 0.15) is 23.1 Å². The Bertz CT molecular complexity index is 840. The van der Waals surface area contributed by atoms with Gasteiger partial charge in [0.15, 0.2) is 11.5 Å². The van der Waals surface area contributed by atoms with E-state index in [1.54, 1.807) is 26.5 Å². The van der Waals surface area contributed by atoms with Gasteiger partial charge in [-0.1, -0.05) is 5.21 Å². The number of piperidine rings is 1. The first-order valence-electron chi connectivity index (χ1n) is 8.06. The van der Waals surface area contributed by atoms with Crippen molar-refractivity contribution in [2.75, 3.05) is 18.0 Å². The molecule has 4 rings (SSSR count). The van der Waals surface area contributed by atoms with Crippen LogP contribution in [0.5, 0.6) is 0 Å². The zero-order valence-corrected chi connectivity index (χ0v) is 13.7. The first-order valence-corrected chi connectivity index (χ1v) is 8.06. The summed E-state index contributed by atoms with van der Waals surface area (Å²) in [5, 5.41) is 18.3. The molecule has 1 fully saturated rings. The van der Waals surface area contributed by atoms with Gasteiger partial charge in [0.2, 0.25) is 0 Å². The largest absolute Gasteiger partial charge is 0.384 e. The fourth-order valence-corrected chi connectivity index (χ4v) is 3.07. The maximum absolute atomic E-state index is 10.0. The van der Waals surface area contributed by atoms with Crippen molar-refractivity contribution in [1.82, 2.24) is 34.9 Å². The molecule has 0 aromatic carbocycles. The second-order valence-corrected chi connectivity index (χ2v) is 6.66. The lowest BCUT2D eigenvalue weighted by atomic mass is 10.0. The number of anilines is 1. The molecular formula is C15H20N8O. The average Bonchev–Trinajstić information content (AvgIpc) is 3.23. The molecule has 2 N–H and O–H groups in total. The van der Waals surface area contributed by atoms with Crippen LogP contribution in [0.2, 0.25) is 0 Å². The minimum Gasteiger partial charge on any atom is -0.384 e. The normalized spacial score (nSPS) is 16.9. The van der Waals surface area contributed by atoms with Gasteiger partial charge in [0.25, 0.3) is 0 Å². The van der Waals surface area contributed by atoms with Crippen molar-refractivity contribution in [1.29, 1.82) is 0 Å². The molecule has 0 saturated carbocycles. The van der Waals surface area contributed by atoms with Gasteiger partial charge in [-0.3, -0.25) is 0 Å². The molecule has 0 bridgehead atoms. The summed E-state index contributed by atoms with van der Waals surface area (Å²) in [6, 6.07) is 0.281. The Morgan fingerprint density at radius 2 is 2.00 bits per heavy atom. The number of aliphatic hydroxyl groups is 1. The third kappa shape index (κ3) is 2.60. The monoisotopic (exact) mass is 328 g/mol. The number of H-pyrrole nitrogens is 1. The van der Waals surface area contributed by atoms with Crippen molar-refractivity contribution in [3.8, 4) is 0 Å². The van der Waals surface area contributed by atoms with Crippen molar-refractivity contribution in [2.45, 2.75) is 38.3 Å². The van der Waals surface area contributed by atoms with Crippen molar-refractivity contribution >= 4 is 17.0 Å². The summed E-state index contributed by atoms with van der Waals surface area (Å²) in [6.45, 7) is 5.17. The Kier molecular flexibility index (Phi) is 3.45. The smallest absolute Gasteiger partial charge is 0.182 e. The van der Waals surface area contributed by atoms with E-state index in [0.29, 0.717) is 11.3 Å². The van der Waals surface area contributed by atoms with Gasteiger partial charge in [0.05, 0.1) is 18.6 Å². The van der Waals surface area contributed by atoms with Crippen LogP contribution in [0.25, 0.3) is 11.2 Å². The minimum absolute atomic E-state index is 0.281. The standard InChI is InChI=1S/C15H20N8O/c1-15(2,24)11-7-23(21-20-11)10-3-5-22(6-4-10)14-12-13(17-8-16-12)18-9-19-14/h7-10,24H,3-6H2,1-2H3,(H,16,17,18,19). The Balaban J connectivity index is 1.49. The highest BCUT2D eigenvalue weighted by molar-refractivity contribution is 5.82. The second-order valence-electron chi connectivity index (χ2n) is 6.66. The molecule has 0 unspecified atom stereocenters. The minimum atomic E-state index is -0.966. The van der Waals surface area contributed by atoms with E-state index in [4.69, 9.17) is 0 Å². The number of aromatic amines is 1. The Morgan fingerprint density at radius 1 is 1.21 bits per heavy atom. The van der Waals surface area contributed by atoms with Gasteiger partial charge in [-0.05, 0) is 26.7 Å². The molecule has 1 aliphatic heterocycles. The first kappa shape index (κ1) is 15.0. The Morgan fingerprint density at radius 3 is 2.71 bits per heavy atom. The van der Waals surface area contributed by atoms with Gasteiger partial charge >= 0.3 is 0 Å². The maximum atomic E-state index is 10.0. The summed E-state index contributed by atoms with van der Waals surface area (Å²) in [5.74, 6) is 0.895. The van der Waals surface area contributed by atoms with Crippen LogP contribution in [-0.2, 0) is 5.60 Å². The number of hydrogen-bond acceptors (Lipinski definition) is 7. The molecule has 3 aromatic heterocycles.